The summed E-state index contributed by atoms with van der Waals surface area (Å²) in [5.41, 5.74) is 3.70. The first-order valence-corrected chi connectivity index (χ1v) is 10.3. The largest absolute Gasteiger partial charge is 0.497 e. The van der Waals surface area contributed by atoms with Crippen LogP contribution in [0.3, 0.4) is 0 Å². The van der Waals surface area contributed by atoms with Crippen LogP contribution in [0.25, 0.3) is 0 Å². The van der Waals surface area contributed by atoms with Gasteiger partial charge in [-0.05, 0) is 42.5 Å². The van der Waals surface area contributed by atoms with Gasteiger partial charge >= 0.3 is 0 Å². The van der Waals surface area contributed by atoms with E-state index in [0.29, 0.717) is 0 Å². The molecule has 1 saturated heterocycles. The molecule has 1 aliphatic heterocycles. The molecular formula is C24H26ClFN2O+2. The number of hydrogen-bond donors (Lipinski definition) is 2. The maximum Gasteiger partial charge on any atom is 0.241 e. The number of methoxy groups -OCH3 is 1. The monoisotopic (exact) mass is 412 g/mol. The Morgan fingerprint density at radius 3 is 2.07 bits per heavy atom. The van der Waals surface area contributed by atoms with Crippen molar-refractivity contribution in [2.24, 2.45) is 0 Å². The van der Waals surface area contributed by atoms with Gasteiger partial charge in [0.05, 0.1) is 12.7 Å². The van der Waals surface area contributed by atoms with Crippen molar-refractivity contribution < 1.29 is 18.9 Å². The van der Waals surface area contributed by atoms with Crippen LogP contribution in [0.2, 0.25) is 5.02 Å². The van der Waals surface area contributed by atoms with Gasteiger partial charge in [-0.1, -0.05) is 41.9 Å². The Morgan fingerprint density at radius 1 is 0.897 bits per heavy atom. The Morgan fingerprint density at radius 2 is 1.48 bits per heavy atom. The molecule has 0 aliphatic carbocycles. The van der Waals surface area contributed by atoms with E-state index in [1.807, 2.05) is 30.3 Å². The zero-order valence-electron chi connectivity index (χ0n) is 16.5. The molecule has 29 heavy (non-hydrogen) atoms. The molecule has 5 heteroatoms. The van der Waals surface area contributed by atoms with Crippen LogP contribution in [0, 0.1) is 5.82 Å². The third-order valence-corrected chi connectivity index (χ3v) is 5.95. The number of rotatable bonds is 6. The summed E-state index contributed by atoms with van der Waals surface area (Å²) in [6.07, 6.45) is 0.283. The van der Waals surface area contributed by atoms with Crippen LogP contribution in [0.1, 0.15) is 22.9 Å². The van der Waals surface area contributed by atoms with E-state index in [1.165, 1.54) is 20.9 Å². The summed E-state index contributed by atoms with van der Waals surface area (Å²) in [6, 6.07) is 23.4. The van der Waals surface area contributed by atoms with Crippen molar-refractivity contribution in [1.82, 2.24) is 0 Å². The maximum atomic E-state index is 13.3. The summed E-state index contributed by atoms with van der Waals surface area (Å²) in [4.78, 5) is 2.99. The normalized spacial score (nSPS) is 21.3. The lowest BCUT2D eigenvalue weighted by Crippen LogP contribution is -3.22. The van der Waals surface area contributed by atoms with Crippen molar-refractivity contribution in [2.75, 3.05) is 20.2 Å². The van der Waals surface area contributed by atoms with Gasteiger partial charge in [0.2, 0.25) is 6.17 Å². The number of nitrogens with one attached hydrogen (secondary N) is 2. The highest BCUT2D eigenvalue weighted by atomic mass is 35.5. The van der Waals surface area contributed by atoms with Crippen molar-refractivity contribution >= 4 is 11.6 Å². The second kappa shape index (κ2) is 8.95. The summed E-state index contributed by atoms with van der Waals surface area (Å²) in [6.45, 7) is 3.93. The molecule has 3 unspecified atom stereocenters. The topological polar surface area (TPSA) is 18.1 Å². The molecule has 0 spiro atoms. The SMILES string of the molecule is COc1cccc(C2[NH+](Cc3ccc(F)cc3)CC[NH+]2Cc2ccc(Cl)cc2)c1. The zero-order chi connectivity index (χ0) is 20.2. The van der Waals surface area contributed by atoms with Crippen molar-refractivity contribution in [3.05, 3.63) is 100 Å². The molecular weight excluding hydrogens is 387 g/mol. The van der Waals surface area contributed by atoms with E-state index in [1.54, 1.807) is 19.2 Å². The minimum absolute atomic E-state index is 0.190. The molecule has 0 aromatic heterocycles. The first-order chi connectivity index (χ1) is 14.1. The highest BCUT2D eigenvalue weighted by Crippen LogP contribution is 2.17. The highest BCUT2D eigenvalue weighted by molar-refractivity contribution is 6.30. The first-order valence-electron chi connectivity index (χ1n) is 9.94. The summed E-state index contributed by atoms with van der Waals surface area (Å²) in [5.74, 6) is 0.686. The number of halogens is 2. The second-order valence-electron chi connectivity index (χ2n) is 7.63. The molecule has 1 aliphatic rings. The average Bonchev–Trinajstić information content (AvgIpc) is 3.13. The van der Waals surface area contributed by atoms with Gasteiger partial charge in [-0.3, -0.25) is 9.80 Å². The molecule has 2 N–H and O–H groups in total. The lowest BCUT2D eigenvalue weighted by Gasteiger charge is -2.25. The van der Waals surface area contributed by atoms with Gasteiger partial charge in [-0.25, -0.2) is 4.39 Å². The average molecular weight is 413 g/mol. The van der Waals surface area contributed by atoms with Gasteiger partial charge in [-0.2, -0.15) is 0 Å². The molecule has 1 heterocycles. The van der Waals surface area contributed by atoms with Gasteiger partial charge in [0.1, 0.15) is 37.7 Å². The van der Waals surface area contributed by atoms with E-state index in [-0.39, 0.29) is 12.0 Å². The molecule has 3 aromatic carbocycles. The van der Waals surface area contributed by atoms with E-state index in [0.717, 1.165) is 42.5 Å². The Kier molecular flexibility index (Phi) is 6.14. The van der Waals surface area contributed by atoms with Gasteiger partial charge in [0.15, 0.2) is 0 Å². The molecule has 3 aromatic rings. The van der Waals surface area contributed by atoms with Crippen molar-refractivity contribution in [1.29, 1.82) is 0 Å². The standard InChI is InChI=1S/C24H24ClFN2O/c1-29-23-4-2-3-20(15-23)24-27(16-18-5-9-21(25)10-6-18)13-14-28(24)17-19-7-11-22(26)12-8-19/h2-12,15,24H,13-14,16-17H2,1H3/p+2. The lowest BCUT2D eigenvalue weighted by atomic mass is 10.1. The molecule has 1 fully saturated rings. The van der Waals surface area contributed by atoms with E-state index in [4.69, 9.17) is 16.3 Å². The van der Waals surface area contributed by atoms with Gasteiger partial charge in [-0.15, -0.1) is 0 Å². The van der Waals surface area contributed by atoms with Crippen LogP contribution in [-0.2, 0) is 13.1 Å². The predicted octanol–water partition coefficient (Wildman–Crippen LogP) is 2.67. The van der Waals surface area contributed by atoms with Crippen molar-refractivity contribution in [2.45, 2.75) is 19.3 Å². The fraction of sp³-hybridized carbons (Fsp3) is 0.250. The van der Waals surface area contributed by atoms with Crippen LogP contribution < -0.4 is 14.5 Å². The van der Waals surface area contributed by atoms with Crippen LogP contribution in [-0.4, -0.2) is 20.2 Å². The molecule has 4 rings (SSSR count). The maximum absolute atomic E-state index is 13.3. The number of quaternary nitrogens is 2. The number of benzene rings is 3. The third-order valence-electron chi connectivity index (χ3n) is 5.70. The number of ether oxygens (including phenoxy) is 1. The molecule has 0 bridgehead atoms. The lowest BCUT2D eigenvalue weighted by molar-refractivity contribution is -1.09. The highest BCUT2D eigenvalue weighted by Gasteiger charge is 2.40. The summed E-state index contributed by atoms with van der Waals surface area (Å²) >= 11 is 6.06. The fourth-order valence-corrected chi connectivity index (χ4v) is 4.43. The van der Waals surface area contributed by atoms with Gasteiger partial charge in [0, 0.05) is 16.1 Å². The third kappa shape index (κ3) is 4.78. The van der Waals surface area contributed by atoms with E-state index >= 15 is 0 Å². The fourth-order valence-electron chi connectivity index (χ4n) is 4.30. The molecule has 3 nitrogen and oxygen atoms in total. The van der Waals surface area contributed by atoms with Crippen LogP contribution >= 0.6 is 11.6 Å². The minimum atomic E-state index is -0.190. The summed E-state index contributed by atoms with van der Waals surface area (Å²) in [5, 5.41) is 0.762. The predicted molar refractivity (Wildman–Crippen MR) is 113 cm³/mol. The van der Waals surface area contributed by atoms with E-state index in [9.17, 15) is 4.39 Å². The van der Waals surface area contributed by atoms with Crippen LogP contribution in [0.15, 0.2) is 72.8 Å². The van der Waals surface area contributed by atoms with Crippen LogP contribution in [0.5, 0.6) is 5.75 Å². The quantitative estimate of drug-likeness (QED) is 0.637. The number of hydrogen-bond acceptors (Lipinski definition) is 1. The Labute approximate surface area is 176 Å². The Bertz CT molecular complexity index is 890. The molecule has 0 amide bonds. The molecule has 3 atom stereocenters. The van der Waals surface area contributed by atoms with Crippen LogP contribution in [0.4, 0.5) is 4.39 Å². The van der Waals surface area contributed by atoms with Crippen molar-refractivity contribution in [3.63, 3.8) is 0 Å². The Hall–Kier alpha value is -2.40. The van der Waals surface area contributed by atoms with Crippen molar-refractivity contribution in [3.8, 4) is 5.75 Å². The molecule has 0 saturated carbocycles. The molecule has 0 radical (unpaired) electrons. The smallest absolute Gasteiger partial charge is 0.241 e. The molecule has 150 valence electrons. The summed E-state index contributed by atoms with van der Waals surface area (Å²) in [7, 11) is 1.70. The zero-order valence-corrected chi connectivity index (χ0v) is 17.3. The second-order valence-corrected chi connectivity index (χ2v) is 8.07. The van der Waals surface area contributed by atoms with E-state index < -0.39 is 0 Å². The summed E-state index contributed by atoms with van der Waals surface area (Å²) < 4.78 is 18.8. The Balaban J connectivity index is 1.61. The first kappa shape index (κ1) is 19.9. The van der Waals surface area contributed by atoms with Gasteiger partial charge < -0.3 is 4.74 Å². The van der Waals surface area contributed by atoms with E-state index in [2.05, 4.69) is 30.3 Å². The van der Waals surface area contributed by atoms with Gasteiger partial charge in [0.25, 0.3) is 0 Å². The minimum Gasteiger partial charge on any atom is -0.497 e.